The SMILES string of the molecule is COc1ccc(C(O)=C2C(=O)C(=O)N(CCC[NH+](C)C)C2c2cc(OC)ccc2OC)c(C)c1. The molecule has 34 heavy (non-hydrogen) atoms. The molecule has 8 nitrogen and oxygen atoms in total. The van der Waals surface area contributed by atoms with Crippen LogP contribution in [0.15, 0.2) is 42.0 Å². The van der Waals surface area contributed by atoms with Crippen molar-refractivity contribution < 1.29 is 33.8 Å². The van der Waals surface area contributed by atoms with Crippen LogP contribution < -0.4 is 19.1 Å². The number of Topliss-reactive ketones (excluding diaryl/α,β-unsaturated/α-hetero) is 1. The lowest BCUT2D eigenvalue weighted by molar-refractivity contribution is -0.858. The van der Waals surface area contributed by atoms with E-state index in [2.05, 4.69) is 0 Å². The van der Waals surface area contributed by atoms with Gasteiger partial charge in [-0.05, 0) is 48.9 Å². The molecule has 1 aliphatic heterocycles. The van der Waals surface area contributed by atoms with Crippen molar-refractivity contribution >= 4 is 17.4 Å². The van der Waals surface area contributed by atoms with E-state index in [1.54, 1.807) is 50.6 Å². The van der Waals surface area contributed by atoms with Gasteiger partial charge >= 0.3 is 0 Å². The van der Waals surface area contributed by atoms with Gasteiger partial charge in [-0.3, -0.25) is 9.59 Å². The maximum atomic E-state index is 13.3. The van der Waals surface area contributed by atoms with Crippen molar-refractivity contribution in [2.45, 2.75) is 19.4 Å². The van der Waals surface area contributed by atoms with Crippen molar-refractivity contribution in [3.05, 3.63) is 58.7 Å². The van der Waals surface area contributed by atoms with Gasteiger partial charge in [-0.2, -0.15) is 0 Å². The Labute approximate surface area is 200 Å². The quantitative estimate of drug-likeness (QED) is 0.332. The van der Waals surface area contributed by atoms with Crippen LogP contribution in [0.3, 0.4) is 0 Å². The zero-order valence-corrected chi connectivity index (χ0v) is 20.6. The highest BCUT2D eigenvalue weighted by molar-refractivity contribution is 6.46. The molecular formula is C26H33N2O6+. The summed E-state index contributed by atoms with van der Waals surface area (Å²) in [4.78, 5) is 29.2. The maximum absolute atomic E-state index is 13.3. The predicted octanol–water partition coefficient (Wildman–Crippen LogP) is 1.98. The van der Waals surface area contributed by atoms with E-state index in [-0.39, 0.29) is 11.3 Å². The number of aliphatic hydroxyl groups excluding tert-OH is 1. The van der Waals surface area contributed by atoms with Gasteiger partial charge in [-0.1, -0.05) is 0 Å². The van der Waals surface area contributed by atoms with E-state index in [1.165, 1.54) is 16.9 Å². The predicted molar refractivity (Wildman–Crippen MR) is 129 cm³/mol. The monoisotopic (exact) mass is 469 g/mol. The summed E-state index contributed by atoms with van der Waals surface area (Å²) in [6.07, 6.45) is 0.694. The van der Waals surface area contributed by atoms with Crippen LogP contribution in [0.5, 0.6) is 17.2 Å². The number of ether oxygens (including phenoxy) is 3. The molecule has 3 rings (SSSR count). The lowest BCUT2D eigenvalue weighted by Gasteiger charge is -2.27. The van der Waals surface area contributed by atoms with Crippen molar-refractivity contribution in [1.29, 1.82) is 0 Å². The van der Waals surface area contributed by atoms with E-state index < -0.39 is 17.7 Å². The number of quaternary nitrogens is 1. The van der Waals surface area contributed by atoms with E-state index in [0.29, 0.717) is 41.3 Å². The summed E-state index contributed by atoms with van der Waals surface area (Å²) in [5, 5.41) is 11.4. The molecule has 2 aromatic rings. The highest BCUT2D eigenvalue weighted by Gasteiger charge is 2.47. The number of amides is 1. The third-order valence-electron chi connectivity index (χ3n) is 6.04. The zero-order chi connectivity index (χ0) is 25.0. The number of ketones is 1. The first-order valence-corrected chi connectivity index (χ1v) is 11.2. The molecular weight excluding hydrogens is 436 g/mol. The number of hydrogen-bond acceptors (Lipinski definition) is 6. The molecule has 1 aliphatic rings. The number of likely N-dealkylation sites (tertiary alicyclic amines) is 1. The molecule has 0 radical (unpaired) electrons. The number of rotatable bonds is 9. The molecule has 1 heterocycles. The van der Waals surface area contributed by atoms with Crippen LogP contribution in [0, 0.1) is 6.92 Å². The van der Waals surface area contributed by atoms with Crippen LogP contribution >= 0.6 is 0 Å². The number of hydrogen-bond donors (Lipinski definition) is 2. The number of aliphatic hydroxyl groups is 1. The van der Waals surface area contributed by atoms with Crippen LogP contribution in [-0.2, 0) is 9.59 Å². The van der Waals surface area contributed by atoms with Gasteiger partial charge in [-0.15, -0.1) is 0 Å². The Hall–Kier alpha value is -3.52. The summed E-state index contributed by atoms with van der Waals surface area (Å²) in [5.41, 5.74) is 1.78. The number of nitrogens with one attached hydrogen (secondary N) is 1. The van der Waals surface area contributed by atoms with Crippen molar-refractivity contribution in [3.8, 4) is 17.2 Å². The Bertz CT molecular complexity index is 1110. The molecule has 0 aliphatic carbocycles. The zero-order valence-electron chi connectivity index (χ0n) is 20.6. The second-order valence-electron chi connectivity index (χ2n) is 8.59. The summed E-state index contributed by atoms with van der Waals surface area (Å²) in [5.74, 6) is 0.0880. The molecule has 8 heteroatoms. The fourth-order valence-electron chi connectivity index (χ4n) is 4.26. The molecule has 0 bridgehead atoms. The molecule has 0 spiro atoms. The van der Waals surface area contributed by atoms with E-state index in [9.17, 15) is 14.7 Å². The topological polar surface area (TPSA) is 89.7 Å². The first-order valence-electron chi connectivity index (χ1n) is 11.2. The number of benzene rings is 2. The molecule has 1 unspecified atom stereocenters. The van der Waals surface area contributed by atoms with Crippen molar-refractivity contribution in [2.24, 2.45) is 0 Å². The third-order valence-corrected chi connectivity index (χ3v) is 6.04. The van der Waals surface area contributed by atoms with Crippen LogP contribution in [0.25, 0.3) is 5.76 Å². The van der Waals surface area contributed by atoms with Crippen molar-refractivity contribution in [1.82, 2.24) is 4.90 Å². The van der Waals surface area contributed by atoms with Gasteiger partial charge in [0, 0.05) is 24.1 Å². The number of aryl methyl sites for hydroxylation is 1. The Kier molecular flexibility index (Phi) is 7.83. The molecule has 1 atom stereocenters. The average Bonchev–Trinajstić information content (AvgIpc) is 3.07. The molecule has 1 fully saturated rings. The van der Waals surface area contributed by atoms with Crippen molar-refractivity contribution in [2.75, 3.05) is 48.5 Å². The standard InChI is InChI=1S/C26H32N2O6/c1-16-14-17(32-4)8-10-19(16)24(29)22-23(20-15-18(33-5)9-11-21(20)34-6)28(26(31)25(22)30)13-7-12-27(2)3/h8-11,14-15,23,29H,7,12-13H2,1-6H3/p+1. The first kappa shape index (κ1) is 25.1. The summed E-state index contributed by atoms with van der Waals surface area (Å²) in [6.45, 7) is 3.00. The fourth-order valence-corrected chi connectivity index (χ4v) is 4.26. The lowest BCUT2D eigenvalue weighted by Crippen LogP contribution is -3.05. The van der Waals surface area contributed by atoms with E-state index in [4.69, 9.17) is 14.2 Å². The average molecular weight is 470 g/mol. The lowest BCUT2D eigenvalue weighted by atomic mass is 9.93. The van der Waals surface area contributed by atoms with Crippen LogP contribution in [-0.4, -0.2) is 70.2 Å². The number of nitrogens with zero attached hydrogens (tertiary/aromatic N) is 1. The van der Waals surface area contributed by atoms with Crippen LogP contribution in [0.4, 0.5) is 0 Å². The molecule has 2 aromatic carbocycles. The van der Waals surface area contributed by atoms with Gasteiger partial charge in [-0.25, -0.2) is 0 Å². The highest BCUT2D eigenvalue weighted by Crippen LogP contribution is 2.44. The minimum absolute atomic E-state index is 0.0296. The summed E-state index contributed by atoms with van der Waals surface area (Å²) in [6, 6.07) is 9.57. The smallest absolute Gasteiger partial charge is 0.295 e. The number of methoxy groups -OCH3 is 3. The van der Waals surface area contributed by atoms with Gasteiger partial charge in [0.05, 0.1) is 53.6 Å². The fraction of sp³-hybridized carbons (Fsp3) is 0.385. The van der Waals surface area contributed by atoms with Gasteiger partial charge in [0.2, 0.25) is 0 Å². The Balaban J connectivity index is 2.22. The minimum atomic E-state index is -0.816. The largest absolute Gasteiger partial charge is 0.507 e. The Morgan fingerprint density at radius 2 is 1.65 bits per heavy atom. The van der Waals surface area contributed by atoms with Crippen LogP contribution in [0.2, 0.25) is 0 Å². The van der Waals surface area contributed by atoms with Crippen molar-refractivity contribution in [3.63, 3.8) is 0 Å². The number of carbonyl (C=O) groups is 2. The molecule has 182 valence electrons. The molecule has 0 saturated carbocycles. The minimum Gasteiger partial charge on any atom is -0.507 e. The second-order valence-corrected chi connectivity index (χ2v) is 8.59. The van der Waals surface area contributed by atoms with Gasteiger partial charge < -0.3 is 29.1 Å². The third kappa shape index (κ3) is 4.87. The molecule has 1 amide bonds. The summed E-state index contributed by atoms with van der Waals surface area (Å²) in [7, 11) is 8.69. The Morgan fingerprint density at radius 1 is 1.00 bits per heavy atom. The Morgan fingerprint density at radius 3 is 2.24 bits per heavy atom. The van der Waals surface area contributed by atoms with E-state index >= 15 is 0 Å². The van der Waals surface area contributed by atoms with E-state index in [1.807, 2.05) is 21.0 Å². The molecule has 2 N–H and O–H groups in total. The summed E-state index contributed by atoms with van der Waals surface area (Å²) >= 11 is 0. The van der Waals surface area contributed by atoms with Crippen LogP contribution in [0.1, 0.15) is 29.2 Å². The summed E-state index contributed by atoms with van der Waals surface area (Å²) < 4.78 is 16.2. The molecule has 0 aromatic heterocycles. The number of carbonyl (C=O) groups excluding carboxylic acids is 2. The van der Waals surface area contributed by atoms with Gasteiger partial charge in [0.25, 0.3) is 11.7 Å². The maximum Gasteiger partial charge on any atom is 0.295 e. The van der Waals surface area contributed by atoms with E-state index in [0.717, 1.165) is 12.1 Å². The van der Waals surface area contributed by atoms with Gasteiger partial charge in [0.1, 0.15) is 23.0 Å². The van der Waals surface area contributed by atoms with Gasteiger partial charge in [0.15, 0.2) is 0 Å². The second kappa shape index (κ2) is 10.6. The normalized spacial score (nSPS) is 17.4. The molecule has 1 saturated heterocycles. The highest BCUT2D eigenvalue weighted by atomic mass is 16.5. The first-order chi connectivity index (χ1) is 16.2.